The second-order valence-corrected chi connectivity index (χ2v) is 3.72. The van der Waals surface area contributed by atoms with Crippen LogP contribution in [0.4, 0.5) is 0 Å². The van der Waals surface area contributed by atoms with Crippen molar-refractivity contribution < 1.29 is 0 Å². The standard InChI is InChI=1S/C10H9Cl2N/c11-4-6-13-5-3-8-1-2-9(12)7-10(8)13/h1-3,5,7H,4,6H2. The lowest BCUT2D eigenvalue weighted by Gasteiger charge is -2.01. The highest BCUT2D eigenvalue weighted by atomic mass is 35.5. The molecule has 0 saturated heterocycles. The fourth-order valence-corrected chi connectivity index (χ4v) is 1.79. The zero-order valence-corrected chi connectivity index (χ0v) is 8.52. The minimum atomic E-state index is 0.621. The third-order valence-corrected chi connectivity index (χ3v) is 2.47. The quantitative estimate of drug-likeness (QED) is 0.674. The van der Waals surface area contributed by atoms with E-state index in [1.54, 1.807) is 0 Å². The number of nitrogens with zero attached hydrogens (tertiary/aromatic N) is 1. The highest BCUT2D eigenvalue weighted by Crippen LogP contribution is 2.20. The zero-order valence-electron chi connectivity index (χ0n) is 7.00. The zero-order chi connectivity index (χ0) is 9.26. The molecular weight excluding hydrogens is 205 g/mol. The van der Waals surface area contributed by atoms with Gasteiger partial charge in [-0.2, -0.15) is 0 Å². The molecule has 0 N–H and O–H groups in total. The summed E-state index contributed by atoms with van der Waals surface area (Å²) in [6.07, 6.45) is 2.03. The van der Waals surface area contributed by atoms with E-state index in [0.717, 1.165) is 17.1 Å². The van der Waals surface area contributed by atoms with Crippen LogP contribution in [0.1, 0.15) is 0 Å². The van der Waals surface area contributed by atoms with Gasteiger partial charge in [0.25, 0.3) is 0 Å². The maximum atomic E-state index is 5.90. The third-order valence-electron chi connectivity index (χ3n) is 2.06. The van der Waals surface area contributed by atoms with E-state index in [4.69, 9.17) is 23.2 Å². The van der Waals surface area contributed by atoms with E-state index in [1.807, 2.05) is 24.4 Å². The fourth-order valence-electron chi connectivity index (χ4n) is 1.44. The lowest BCUT2D eigenvalue weighted by Crippen LogP contribution is -1.95. The number of fused-ring (bicyclic) bond motifs is 1. The second kappa shape index (κ2) is 3.60. The monoisotopic (exact) mass is 213 g/mol. The summed E-state index contributed by atoms with van der Waals surface area (Å²) in [5.41, 5.74) is 1.15. The number of halogens is 2. The molecule has 2 rings (SSSR count). The Bertz CT molecular complexity index is 420. The van der Waals surface area contributed by atoms with Gasteiger partial charge in [-0.3, -0.25) is 0 Å². The lowest BCUT2D eigenvalue weighted by molar-refractivity contribution is 0.804. The molecule has 1 nitrogen and oxygen atoms in total. The second-order valence-electron chi connectivity index (χ2n) is 2.90. The van der Waals surface area contributed by atoms with E-state index in [9.17, 15) is 0 Å². The summed E-state index contributed by atoms with van der Waals surface area (Å²) in [7, 11) is 0. The highest BCUT2D eigenvalue weighted by Gasteiger charge is 2.00. The Labute approximate surface area is 86.9 Å². The first kappa shape index (κ1) is 8.92. The van der Waals surface area contributed by atoms with Crippen LogP contribution in [0.3, 0.4) is 0 Å². The minimum Gasteiger partial charge on any atom is -0.346 e. The van der Waals surface area contributed by atoms with Crippen LogP contribution in [0.15, 0.2) is 30.5 Å². The van der Waals surface area contributed by atoms with Gasteiger partial charge in [-0.1, -0.05) is 17.7 Å². The Morgan fingerprint density at radius 3 is 2.85 bits per heavy atom. The first-order valence-corrected chi connectivity index (χ1v) is 5.03. The molecule has 1 aromatic carbocycles. The van der Waals surface area contributed by atoms with Crippen molar-refractivity contribution in [3.05, 3.63) is 35.5 Å². The Morgan fingerprint density at radius 1 is 1.23 bits per heavy atom. The summed E-state index contributed by atoms with van der Waals surface area (Å²) in [6, 6.07) is 7.94. The molecule has 2 aromatic rings. The average Bonchev–Trinajstić information content (AvgIpc) is 2.49. The number of rotatable bonds is 2. The molecule has 13 heavy (non-hydrogen) atoms. The molecule has 0 saturated carbocycles. The molecule has 0 spiro atoms. The van der Waals surface area contributed by atoms with Crippen LogP contribution in [0.5, 0.6) is 0 Å². The van der Waals surface area contributed by atoms with Gasteiger partial charge in [-0.15, -0.1) is 11.6 Å². The largest absolute Gasteiger partial charge is 0.346 e. The number of hydrogen-bond donors (Lipinski definition) is 0. The van der Waals surface area contributed by atoms with Crippen molar-refractivity contribution in [2.75, 3.05) is 5.88 Å². The van der Waals surface area contributed by atoms with Crippen LogP contribution >= 0.6 is 23.2 Å². The summed E-state index contributed by atoms with van der Waals surface area (Å²) < 4.78 is 2.11. The molecule has 1 aromatic heterocycles. The van der Waals surface area contributed by atoms with Gasteiger partial charge in [-0.25, -0.2) is 0 Å². The Morgan fingerprint density at radius 2 is 2.08 bits per heavy atom. The molecule has 68 valence electrons. The van der Waals surface area contributed by atoms with Gasteiger partial charge in [0.2, 0.25) is 0 Å². The summed E-state index contributed by atoms with van der Waals surface area (Å²) in [5, 5.41) is 1.97. The lowest BCUT2D eigenvalue weighted by atomic mass is 10.2. The smallest absolute Gasteiger partial charge is 0.0495 e. The Hall–Kier alpha value is -0.660. The van der Waals surface area contributed by atoms with E-state index in [0.29, 0.717) is 5.88 Å². The number of aryl methyl sites for hydroxylation is 1. The maximum Gasteiger partial charge on any atom is 0.0495 e. The van der Waals surface area contributed by atoms with Gasteiger partial charge in [0.05, 0.1) is 0 Å². The van der Waals surface area contributed by atoms with Crippen molar-refractivity contribution in [2.45, 2.75) is 6.54 Å². The minimum absolute atomic E-state index is 0.621. The van der Waals surface area contributed by atoms with Gasteiger partial charge < -0.3 is 4.57 Å². The normalized spacial score (nSPS) is 10.9. The predicted molar refractivity (Wildman–Crippen MR) is 57.7 cm³/mol. The van der Waals surface area contributed by atoms with Crippen molar-refractivity contribution >= 4 is 34.1 Å². The average molecular weight is 214 g/mol. The van der Waals surface area contributed by atoms with Crippen molar-refractivity contribution in [1.82, 2.24) is 4.57 Å². The number of hydrogen-bond acceptors (Lipinski definition) is 0. The van der Waals surface area contributed by atoms with E-state index < -0.39 is 0 Å². The van der Waals surface area contributed by atoms with Crippen LogP contribution in [0.2, 0.25) is 5.02 Å². The van der Waals surface area contributed by atoms with Gasteiger partial charge in [0.15, 0.2) is 0 Å². The number of aromatic nitrogens is 1. The number of benzene rings is 1. The Balaban J connectivity index is 2.58. The van der Waals surface area contributed by atoms with Gasteiger partial charge in [0.1, 0.15) is 0 Å². The SMILES string of the molecule is ClCCn1ccc2ccc(Cl)cc21. The molecule has 0 bridgehead atoms. The van der Waals surface area contributed by atoms with Crippen LogP contribution < -0.4 is 0 Å². The molecular formula is C10H9Cl2N. The molecule has 0 atom stereocenters. The third kappa shape index (κ3) is 1.67. The van der Waals surface area contributed by atoms with Crippen LogP contribution in [0, 0.1) is 0 Å². The molecule has 0 amide bonds. The van der Waals surface area contributed by atoms with E-state index in [-0.39, 0.29) is 0 Å². The van der Waals surface area contributed by atoms with Crippen LogP contribution in [-0.4, -0.2) is 10.4 Å². The molecule has 0 aliphatic rings. The molecule has 1 heterocycles. The molecule has 0 aliphatic heterocycles. The molecule has 0 unspecified atom stereocenters. The van der Waals surface area contributed by atoms with Gasteiger partial charge >= 0.3 is 0 Å². The van der Waals surface area contributed by atoms with Gasteiger partial charge in [-0.05, 0) is 23.6 Å². The molecule has 3 heteroatoms. The van der Waals surface area contributed by atoms with E-state index in [1.165, 1.54) is 5.39 Å². The summed E-state index contributed by atoms with van der Waals surface area (Å²) in [6.45, 7) is 0.825. The van der Waals surface area contributed by atoms with E-state index >= 15 is 0 Å². The van der Waals surface area contributed by atoms with Crippen molar-refractivity contribution in [1.29, 1.82) is 0 Å². The van der Waals surface area contributed by atoms with Crippen molar-refractivity contribution in [3.63, 3.8) is 0 Å². The first-order chi connectivity index (χ1) is 6.31. The fraction of sp³-hybridized carbons (Fsp3) is 0.200. The molecule has 0 radical (unpaired) electrons. The highest BCUT2D eigenvalue weighted by molar-refractivity contribution is 6.31. The summed E-state index contributed by atoms with van der Waals surface area (Å²) in [5.74, 6) is 0.621. The summed E-state index contributed by atoms with van der Waals surface area (Å²) >= 11 is 11.6. The maximum absolute atomic E-state index is 5.90. The van der Waals surface area contributed by atoms with Crippen molar-refractivity contribution in [2.24, 2.45) is 0 Å². The van der Waals surface area contributed by atoms with Crippen molar-refractivity contribution in [3.8, 4) is 0 Å². The van der Waals surface area contributed by atoms with Crippen LogP contribution in [-0.2, 0) is 6.54 Å². The topological polar surface area (TPSA) is 4.93 Å². The number of alkyl halides is 1. The first-order valence-electron chi connectivity index (χ1n) is 4.11. The van der Waals surface area contributed by atoms with Gasteiger partial charge in [0, 0.05) is 29.2 Å². The molecule has 0 aliphatic carbocycles. The van der Waals surface area contributed by atoms with Crippen LogP contribution in [0.25, 0.3) is 10.9 Å². The predicted octanol–water partition coefficient (Wildman–Crippen LogP) is 3.53. The summed E-state index contributed by atoms with van der Waals surface area (Å²) in [4.78, 5) is 0. The Kier molecular flexibility index (Phi) is 2.47. The molecule has 0 fully saturated rings. The van der Waals surface area contributed by atoms with E-state index in [2.05, 4.69) is 10.6 Å².